The van der Waals surface area contributed by atoms with Gasteiger partial charge in [0.05, 0.1) is 17.8 Å². The van der Waals surface area contributed by atoms with Crippen molar-refractivity contribution in [3.05, 3.63) is 65.2 Å². The molecular weight excluding hydrogens is 304 g/mol. The number of nitrogens with zero attached hydrogens (tertiary/aromatic N) is 2. The van der Waals surface area contributed by atoms with Gasteiger partial charge in [0.1, 0.15) is 0 Å². The fourth-order valence-corrected chi connectivity index (χ4v) is 1.87. The molecule has 0 aromatic heterocycles. The molecule has 0 radical (unpaired) electrons. The van der Waals surface area contributed by atoms with Crippen LogP contribution in [0.15, 0.2) is 53.6 Å². The standard InChI is InChI=1S/C18H16N4O2/c1-2-13-3-5-15(6-4-13)12-20-22-18(24)17(23)21-16-9-7-14(11-19)8-10-16/h3-10,12H,2H2,1H3,(H,21,23)(H,22,24). The van der Waals surface area contributed by atoms with Crippen molar-refractivity contribution >= 4 is 23.7 Å². The average Bonchev–Trinajstić information content (AvgIpc) is 2.62. The lowest BCUT2D eigenvalue weighted by Crippen LogP contribution is -2.32. The van der Waals surface area contributed by atoms with E-state index in [-0.39, 0.29) is 0 Å². The minimum atomic E-state index is -0.874. The van der Waals surface area contributed by atoms with Gasteiger partial charge in [0.25, 0.3) is 0 Å². The van der Waals surface area contributed by atoms with Crippen LogP contribution in [0.25, 0.3) is 0 Å². The third kappa shape index (κ3) is 4.78. The summed E-state index contributed by atoms with van der Waals surface area (Å²) in [6, 6.07) is 15.9. The van der Waals surface area contributed by atoms with Crippen LogP contribution in [0, 0.1) is 11.3 Å². The van der Waals surface area contributed by atoms with E-state index in [1.165, 1.54) is 11.8 Å². The summed E-state index contributed by atoms with van der Waals surface area (Å²) in [5.41, 5.74) is 5.09. The Kier molecular flexibility index (Phi) is 5.81. The maximum Gasteiger partial charge on any atom is 0.329 e. The smallest absolute Gasteiger partial charge is 0.318 e. The van der Waals surface area contributed by atoms with Crippen molar-refractivity contribution in [3.8, 4) is 6.07 Å². The quantitative estimate of drug-likeness (QED) is 0.514. The molecule has 0 heterocycles. The zero-order valence-corrected chi connectivity index (χ0v) is 13.1. The number of anilines is 1. The van der Waals surface area contributed by atoms with Crippen LogP contribution in [0.4, 0.5) is 5.69 Å². The van der Waals surface area contributed by atoms with Crippen molar-refractivity contribution in [3.63, 3.8) is 0 Å². The van der Waals surface area contributed by atoms with Crippen molar-refractivity contribution in [1.82, 2.24) is 5.43 Å². The van der Waals surface area contributed by atoms with Crippen molar-refractivity contribution in [2.24, 2.45) is 5.10 Å². The maximum atomic E-state index is 11.7. The number of aryl methyl sites for hydroxylation is 1. The number of hydrazone groups is 1. The minimum absolute atomic E-state index is 0.424. The summed E-state index contributed by atoms with van der Waals surface area (Å²) in [6.07, 6.45) is 2.41. The molecule has 0 aliphatic rings. The lowest BCUT2D eigenvalue weighted by molar-refractivity contribution is -0.136. The van der Waals surface area contributed by atoms with Gasteiger partial charge in [-0.2, -0.15) is 10.4 Å². The highest BCUT2D eigenvalue weighted by Gasteiger charge is 2.12. The molecule has 24 heavy (non-hydrogen) atoms. The number of hydrogen-bond donors (Lipinski definition) is 2. The van der Waals surface area contributed by atoms with E-state index in [1.54, 1.807) is 24.3 Å². The van der Waals surface area contributed by atoms with Crippen LogP contribution in [-0.2, 0) is 16.0 Å². The second-order valence-electron chi connectivity index (χ2n) is 4.94. The summed E-state index contributed by atoms with van der Waals surface area (Å²) < 4.78 is 0. The summed E-state index contributed by atoms with van der Waals surface area (Å²) in [6.45, 7) is 2.07. The highest BCUT2D eigenvalue weighted by atomic mass is 16.2. The van der Waals surface area contributed by atoms with E-state index in [4.69, 9.17) is 5.26 Å². The van der Waals surface area contributed by atoms with Crippen LogP contribution in [-0.4, -0.2) is 18.0 Å². The van der Waals surface area contributed by atoms with Crippen molar-refractivity contribution in [2.75, 3.05) is 5.32 Å². The molecule has 2 rings (SSSR count). The minimum Gasteiger partial charge on any atom is -0.318 e. The number of benzene rings is 2. The first-order chi connectivity index (χ1) is 11.6. The average molecular weight is 320 g/mol. The van der Waals surface area contributed by atoms with Gasteiger partial charge in [0.2, 0.25) is 0 Å². The normalized spacial score (nSPS) is 10.2. The zero-order valence-electron chi connectivity index (χ0n) is 13.1. The molecule has 120 valence electrons. The Labute approximate surface area is 139 Å². The number of nitriles is 1. The molecular formula is C18H16N4O2. The molecule has 0 atom stereocenters. The molecule has 2 amide bonds. The van der Waals surface area contributed by atoms with E-state index in [1.807, 2.05) is 30.3 Å². The third-order valence-electron chi connectivity index (χ3n) is 3.25. The first-order valence-electron chi connectivity index (χ1n) is 7.36. The van der Waals surface area contributed by atoms with Crippen molar-refractivity contribution < 1.29 is 9.59 Å². The summed E-state index contributed by atoms with van der Waals surface area (Å²) in [4.78, 5) is 23.4. The van der Waals surface area contributed by atoms with Crippen LogP contribution in [0.3, 0.4) is 0 Å². The number of rotatable bonds is 4. The Morgan fingerprint density at radius 3 is 2.33 bits per heavy atom. The van der Waals surface area contributed by atoms with Crippen molar-refractivity contribution in [1.29, 1.82) is 5.26 Å². The Morgan fingerprint density at radius 2 is 1.75 bits per heavy atom. The number of nitrogens with one attached hydrogen (secondary N) is 2. The van der Waals surface area contributed by atoms with Crippen LogP contribution < -0.4 is 10.7 Å². The van der Waals surface area contributed by atoms with Gasteiger partial charge in [-0.05, 0) is 41.8 Å². The van der Waals surface area contributed by atoms with Gasteiger partial charge in [-0.3, -0.25) is 9.59 Å². The monoisotopic (exact) mass is 320 g/mol. The number of carbonyl (C=O) groups is 2. The van der Waals surface area contributed by atoms with Crippen LogP contribution >= 0.6 is 0 Å². The van der Waals surface area contributed by atoms with E-state index >= 15 is 0 Å². The maximum absolute atomic E-state index is 11.7. The third-order valence-corrected chi connectivity index (χ3v) is 3.25. The van der Waals surface area contributed by atoms with E-state index in [2.05, 4.69) is 22.8 Å². The van der Waals surface area contributed by atoms with Gasteiger partial charge >= 0.3 is 11.8 Å². The van der Waals surface area contributed by atoms with E-state index in [0.717, 1.165) is 12.0 Å². The molecule has 0 aliphatic heterocycles. The van der Waals surface area contributed by atoms with E-state index in [9.17, 15) is 9.59 Å². The predicted molar refractivity (Wildman–Crippen MR) is 91.3 cm³/mol. The Hall–Kier alpha value is -3.46. The second kappa shape index (κ2) is 8.25. The Bertz CT molecular complexity index is 787. The molecule has 2 aromatic rings. The summed E-state index contributed by atoms with van der Waals surface area (Å²) in [7, 11) is 0. The Balaban J connectivity index is 1.87. The number of hydrogen-bond acceptors (Lipinski definition) is 4. The molecule has 0 spiro atoms. The first kappa shape index (κ1) is 16.9. The van der Waals surface area contributed by atoms with Gasteiger partial charge in [-0.1, -0.05) is 31.2 Å². The number of amides is 2. The van der Waals surface area contributed by atoms with Gasteiger partial charge < -0.3 is 5.32 Å². The molecule has 0 aliphatic carbocycles. The topological polar surface area (TPSA) is 94.3 Å². The highest BCUT2D eigenvalue weighted by molar-refractivity contribution is 6.39. The summed E-state index contributed by atoms with van der Waals surface area (Å²) >= 11 is 0. The molecule has 6 heteroatoms. The zero-order chi connectivity index (χ0) is 17.4. The lowest BCUT2D eigenvalue weighted by atomic mass is 10.1. The van der Waals surface area contributed by atoms with Crippen LogP contribution in [0.5, 0.6) is 0 Å². The first-order valence-corrected chi connectivity index (χ1v) is 7.36. The van der Waals surface area contributed by atoms with Crippen LogP contribution in [0.1, 0.15) is 23.6 Å². The largest absolute Gasteiger partial charge is 0.329 e. The fourth-order valence-electron chi connectivity index (χ4n) is 1.87. The van der Waals surface area contributed by atoms with Gasteiger partial charge in [-0.15, -0.1) is 0 Å². The van der Waals surface area contributed by atoms with Gasteiger partial charge in [0.15, 0.2) is 0 Å². The van der Waals surface area contributed by atoms with E-state index < -0.39 is 11.8 Å². The SMILES string of the molecule is CCc1ccc(C=NNC(=O)C(=O)Nc2ccc(C#N)cc2)cc1. The van der Waals surface area contributed by atoms with Crippen LogP contribution in [0.2, 0.25) is 0 Å². The second-order valence-corrected chi connectivity index (χ2v) is 4.94. The lowest BCUT2D eigenvalue weighted by Gasteiger charge is -2.03. The Morgan fingerprint density at radius 1 is 1.08 bits per heavy atom. The highest BCUT2D eigenvalue weighted by Crippen LogP contribution is 2.08. The molecule has 0 unspecified atom stereocenters. The predicted octanol–water partition coefficient (Wildman–Crippen LogP) is 2.21. The molecule has 0 saturated carbocycles. The molecule has 2 aromatic carbocycles. The molecule has 0 saturated heterocycles. The van der Waals surface area contributed by atoms with Crippen molar-refractivity contribution in [2.45, 2.75) is 13.3 Å². The fraction of sp³-hybridized carbons (Fsp3) is 0.111. The molecule has 6 nitrogen and oxygen atoms in total. The van der Waals surface area contributed by atoms with E-state index in [0.29, 0.717) is 11.3 Å². The van der Waals surface area contributed by atoms with Gasteiger partial charge in [0, 0.05) is 5.69 Å². The molecule has 0 fully saturated rings. The summed E-state index contributed by atoms with van der Waals surface area (Å²) in [5.74, 6) is -1.71. The molecule has 0 bridgehead atoms. The summed E-state index contributed by atoms with van der Waals surface area (Å²) in [5, 5.41) is 14.9. The van der Waals surface area contributed by atoms with Gasteiger partial charge in [-0.25, -0.2) is 5.43 Å². The number of carbonyl (C=O) groups excluding carboxylic acids is 2. The molecule has 2 N–H and O–H groups in total.